The molecule has 0 saturated carbocycles. The third-order valence-corrected chi connectivity index (χ3v) is 14.2. The third kappa shape index (κ3) is 39.7. The Balaban J connectivity index is 2.19. The van der Waals surface area contributed by atoms with Gasteiger partial charge in [-0.15, -0.1) is 0 Å². The second-order valence-electron chi connectivity index (χ2n) is 20.8. The van der Waals surface area contributed by atoms with Gasteiger partial charge in [0.1, 0.15) is 24.4 Å². The number of hydrogen-bond acceptors (Lipinski definition) is 8. The van der Waals surface area contributed by atoms with Gasteiger partial charge in [0.2, 0.25) is 5.91 Å². The van der Waals surface area contributed by atoms with Gasteiger partial charge < -0.3 is 40.3 Å². The molecule has 0 radical (unpaired) electrons. The number of aliphatic hydroxyl groups is 5. The molecule has 6 N–H and O–H groups in total. The fraction of sp³-hybridized carbons (Fsp3) is 0.852. The van der Waals surface area contributed by atoms with Crippen LogP contribution in [0.15, 0.2) is 48.6 Å². The summed E-state index contributed by atoms with van der Waals surface area (Å²) in [5, 5.41) is 54.7. The molecule has 1 aliphatic rings. The largest absolute Gasteiger partial charge is 0.394 e. The van der Waals surface area contributed by atoms with Crippen molar-refractivity contribution in [3.63, 3.8) is 0 Å². The molecule has 1 amide bonds. The molecule has 0 aromatic rings. The van der Waals surface area contributed by atoms with Crippen LogP contribution in [0.3, 0.4) is 0 Å². The summed E-state index contributed by atoms with van der Waals surface area (Å²) in [5.74, 6) is -0.151. The lowest BCUT2D eigenvalue weighted by atomic mass is 9.99. The van der Waals surface area contributed by atoms with Crippen LogP contribution >= 0.6 is 0 Å². The smallest absolute Gasteiger partial charge is 0.220 e. The van der Waals surface area contributed by atoms with Crippen molar-refractivity contribution < 1.29 is 39.8 Å². The van der Waals surface area contributed by atoms with E-state index in [0.29, 0.717) is 12.8 Å². The van der Waals surface area contributed by atoms with Crippen molar-refractivity contribution in [1.29, 1.82) is 0 Å². The number of amides is 1. The number of unbranched alkanes of at least 4 members (excludes halogenated alkanes) is 33. The van der Waals surface area contributed by atoms with E-state index in [-0.39, 0.29) is 12.5 Å². The van der Waals surface area contributed by atoms with Gasteiger partial charge in [-0.05, 0) is 51.4 Å². The second kappa shape index (κ2) is 50.7. The van der Waals surface area contributed by atoms with E-state index in [9.17, 15) is 30.3 Å². The number of carbonyl (C=O) groups is 1. The quantitative estimate of drug-likeness (QED) is 0.0261. The highest BCUT2D eigenvalue weighted by molar-refractivity contribution is 5.76. The Morgan fingerprint density at radius 1 is 0.500 bits per heavy atom. The summed E-state index contributed by atoms with van der Waals surface area (Å²) in [7, 11) is 0. The summed E-state index contributed by atoms with van der Waals surface area (Å²) in [4.78, 5) is 13.1. The predicted molar refractivity (Wildman–Crippen MR) is 295 cm³/mol. The fourth-order valence-corrected chi connectivity index (χ4v) is 9.51. The van der Waals surface area contributed by atoms with Crippen LogP contribution < -0.4 is 5.32 Å². The topological polar surface area (TPSA) is 149 Å². The van der Waals surface area contributed by atoms with Crippen LogP contribution in [0.4, 0.5) is 0 Å². The minimum Gasteiger partial charge on any atom is -0.394 e. The van der Waals surface area contributed by atoms with E-state index < -0.39 is 49.5 Å². The van der Waals surface area contributed by atoms with Gasteiger partial charge in [0.15, 0.2) is 6.29 Å². The standard InChI is InChI=1S/C61H113NO8/c1-3-5-7-9-11-13-15-17-19-21-23-25-26-27-28-29-31-32-34-36-38-40-42-44-46-48-50-55(64)54(53-69-61-60(68)59(67)58(66)56(52-63)70-61)62-57(65)51-49-47-45-43-41-39-37-35-33-30-24-22-20-18-16-14-12-10-8-6-4-2/h6,8,12,14,18,20,24,30,54-56,58-61,63-64,66-68H,3-5,7,9-11,13,15-17,19,21-23,25-29,31-53H2,1-2H3,(H,62,65)/b8-6-,14-12-,20-18-,30-24-. The lowest BCUT2D eigenvalue weighted by Crippen LogP contribution is -2.60. The molecular formula is C61H113NO8. The summed E-state index contributed by atoms with van der Waals surface area (Å²) < 4.78 is 11.3. The minimum absolute atomic E-state index is 0.142. The molecule has 1 saturated heterocycles. The molecule has 70 heavy (non-hydrogen) atoms. The highest BCUT2D eigenvalue weighted by Gasteiger charge is 2.44. The van der Waals surface area contributed by atoms with E-state index in [2.05, 4.69) is 67.8 Å². The average molecular weight is 989 g/mol. The monoisotopic (exact) mass is 988 g/mol. The van der Waals surface area contributed by atoms with Crippen molar-refractivity contribution >= 4 is 5.91 Å². The maximum Gasteiger partial charge on any atom is 0.220 e. The Labute approximate surface area is 431 Å². The van der Waals surface area contributed by atoms with E-state index in [0.717, 1.165) is 70.6 Å². The Morgan fingerprint density at radius 2 is 0.886 bits per heavy atom. The molecule has 7 atom stereocenters. The van der Waals surface area contributed by atoms with E-state index in [1.165, 1.54) is 180 Å². The van der Waals surface area contributed by atoms with Gasteiger partial charge in [0.05, 0.1) is 25.4 Å². The molecule has 1 fully saturated rings. The van der Waals surface area contributed by atoms with Crippen molar-refractivity contribution in [2.75, 3.05) is 13.2 Å². The van der Waals surface area contributed by atoms with Gasteiger partial charge in [-0.2, -0.15) is 0 Å². The molecule has 1 aliphatic heterocycles. The molecule has 0 bridgehead atoms. The third-order valence-electron chi connectivity index (χ3n) is 14.2. The molecular weight excluding hydrogens is 875 g/mol. The summed E-state index contributed by atoms with van der Waals surface area (Å²) in [6.45, 7) is 3.75. The summed E-state index contributed by atoms with van der Waals surface area (Å²) in [6.07, 6.45) is 60.0. The SMILES string of the molecule is CC/C=C\C/C=C\C/C=C\C/C=C\CCCCCCCCCCC(=O)NC(COC1OC(CO)C(O)C(O)C1O)C(O)CCCCCCCCCCCCCCCCCCCCCCCCCCCC. The molecule has 9 heteroatoms. The van der Waals surface area contributed by atoms with Crippen molar-refractivity contribution in [2.24, 2.45) is 0 Å². The second-order valence-corrected chi connectivity index (χ2v) is 20.8. The van der Waals surface area contributed by atoms with Gasteiger partial charge in [-0.25, -0.2) is 0 Å². The molecule has 9 nitrogen and oxygen atoms in total. The molecule has 0 aromatic heterocycles. The zero-order valence-electron chi connectivity index (χ0n) is 45.5. The van der Waals surface area contributed by atoms with Gasteiger partial charge in [0, 0.05) is 6.42 Å². The van der Waals surface area contributed by atoms with E-state index in [1.807, 2.05) is 0 Å². The summed E-state index contributed by atoms with van der Waals surface area (Å²) in [5.41, 5.74) is 0. The molecule has 1 heterocycles. The van der Waals surface area contributed by atoms with Gasteiger partial charge in [-0.3, -0.25) is 4.79 Å². The van der Waals surface area contributed by atoms with Crippen LogP contribution in [-0.2, 0) is 14.3 Å². The van der Waals surface area contributed by atoms with E-state index in [1.54, 1.807) is 0 Å². The van der Waals surface area contributed by atoms with Crippen LogP contribution in [-0.4, -0.2) is 87.5 Å². The molecule has 0 spiro atoms. The van der Waals surface area contributed by atoms with Crippen LogP contribution in [0.25, 0.3) is 0 Å². The molecule has 0 aliphatic carbocycles. The first-order chi connectivity index (χ1) is 34.3. The lowest BCUT2D eigenvalue weighted by molar-refractivity contribution is -0.302. The number of nitrogens with one attached hydrogen (secondary N) is 1. The van der Waals surface area contributed by atoms with Gasteiger partial charge >= 0.3 is 0 Å². The molecule has 7 unspecified atom stereocenters. The summed E-state index contributed by atoms with van der Waals surface area (Å²) in [6, 6.07) is -0.726. The first-order valence-corrected chi connectivity index (χ1v) is 29.8. The zero-order chi connectivity index (χ0) is 50.8. The first kappa shape index (κ1) is 66.2. The van der Waals surface area contributed by atoms with Gasteiger partial charge in [-0.1, -0.05) is 268 Å². The minimum atomic E-state index is -1.56. The highest BCUT2D eigenvalue weighted by atomic mass is 16.7. The number of aliphatic hydroxyl groups excluding tert-OH is 5. The average Bonchev–Trinajstić information content (AvgIpc) is 3.36. The van der Waals surface area contributed by atoms with Crippen molar-refractivity contribution in [3.05, 3.63) is 48.6 Å². The van der Waals surface area contributed by atoms with Crippen LogP contribution in [0.1, 0.15) is 277 Å². The van der Waals surface area contributed by atoms with Crippen molar-refractivity contribution in [1.82, 2.24) is 5.32 Å². The Morgan fingerprint density at radius 3 is 1.31 bits per heavy atom. The first-order valence-electron chi connectivity index (χ1n) is 29.8. The Kier molecular flexibility index (Phi) is 47.9. The molecule has 1 rings (SSSR count). The van der Waals surface area contributed by atoms with E-state index >= 15 is 0 Å². The van der Waals surface area contributed by atoms with Crippen LogP contribution in [0, 0.1) is 0 Å². The maximum absolute atomic E-state index is 13.1. The fourth-order valence-electron chi connectivity index (χ4n) is 9.51. The predicted octanol–water partition coefficient (Wildman–Crippen LogP) is 14.9. The number of hydrogen-bond donors (Lipinski definition) is 6. The number of allylic oxidation sites excluding steroid dienone is 8. The van der Waals surface area contributed by atoms with Crippen LogP contribution in [0.5, 0.6) is 0 Å². The molecule has 410 valence electrons. The number of ether oxygens (including phenoxy) is 2. The number of rotatable bonds is 51. The Bertz CT molecular complexity index is 1240. The van der Waals surface area contributed by atoms with E-state index in [4.69, 9.17) is 9.47 Å². The van der Waals surface area contributed by atoms with Crippen molar-refractivity contribution in [3.8, 4) is 0 Å². The lowest BCUT2D eigenvalue weighted by Gasteiger charge is -2.40. The normalized spacial score (nSPS) is 19.7. The van der Waals surface area contributed by atoms with Crippen molar-refractivity contribution in [2.45, 2.75) is 320 Å². The molecule has 0 aromatic carbocycles. The number of carbonyl (C=O) groups excluding carboxylic acids is 1. The van der Waals surface area contributed by atoms with Gasteiger partial charge in [0.25, 0.3) is 0 Å². The zero-order valence-corrected chi connectivity index (χ0v) is 45.5. The summed E-state index contributed by atoms with van der Waals surface area (Å²) >= 11 is 0. The Hall–Kier alpha value is -1.85. The van der Waals surface area contributed by atoms with Crippen LogP contribution in [0.2, 0.25) is 0 Å². The maximum atomic E-state index is 13.1. The highest BCUT2D eigenvalue weighted by Crippen LogP contribution is 2.23.